The highest BCUT2D eigenvalue weighted by molar-refractivity contribution is 5.36. The van der Waals surface area contributed by atoms with Crippen LogP contribution in [-0.2, 0) is 18.0 Å². The van der Waals surface area contributed by atoms with Crippen LogP contribution in [0.5, 0.6) is 11.6 Å². The van der Waals surface area contributed by atoms with Crippen molar-refractivity contribution in [3.8, 4) is 11.6 Å². The summed E-state index contributed by atoms with van der Waals surface area (Å²) in [5.74, 6) is 1.79. The summed E-state index contributed by atoms with van der Waals surface area (Å²) in [4.78, 5) is 8.29. The van der Waals surface area contributed by atoms with E-state index in [4.69, 9.17) is 20.3 Å². The van der Waals surface area contributed by atoms with Gasteiger partial charge in [-0.25, -0.2) is 4.98 Å². The second kappa shape index (κ2) is 6.83. The van der Waals surface area contributed by atoms with Gasteiger partial charge in [-0.1, -0.05) is 12.1 Å². The Morgan fingerprint density at radius 1 is 1.20 bits per heavy atom. The van der Waals surface area contributed by atoms with Crippen LogP contribution in [0.25, 0.3) is 0 Å². The molecule has 2 aromatic rings. The van der Waals surface area contributed by atoms with Crippen molar-refractivity contribution in [2.75, 3.05) is 12.3 Å². The first-order chi connectivity index (χ1) is 9.71. The molecule has 1 heterocycles. The Bertz CT molecular complexity index is 558. The molecule has 0 atom stereocenters. The molecular weight excluding hydrogens is 258 g/mol. The summed E-state index contributed by atoms with van der Waals surface area (Å²) in [6, 6.07) is 8.62. The second-order valence-electron chi connectivity index (χ2n) is 4.09. The molecule has 0 bridgehead atoms. The van der Waals surface area contributed by atoms with Gasteiger partial charge in [0.1, 0.15) is 18.2 Å². The molecule has 1 aromatic heterocycles. The van der Waals surface area contributed by atoms with Gasteiger partial charge in [-0.2, -0.15) is 4.98 Å². The van der Waals surface area contributed by atoms with Gasteiger partial charge in [0.05, 0.1) is 6.61 Å². The highest BCUT2D eigenvalue weighted by Crippen LogP contribution is 2.21. The van der Waals surface area contributed by atoms with Crippen LogP contribution >= 0.6 is 0 Å². The zero-order valence-corrected chi connectivity index (χ0v) is 11.2. The minimum Gasteiger partial charge on any atom is -0.439 e. The standard InChI is InChI=1S/C14H17N3O3/c1-2-19-9-13-16-12(15)7-14(17-13)20-11-5-3-10(8-18)4-6-11/h3-7,18H,2,8-9H2,1H3,(H2,15,16,17). The van der Waals surface area contributed by atoms with Crippen LogP contribution in [0.4, 0.5) is 5.82 Å². The molecule has 0 saturated carbocycles. The van der Waals surface area contributed by atoms with Crippen molar-refractivity contribution in [2.24, 2.45) is 0 Å². The zero-order valence-electron chi connectivity index (χ0n) is 11.2. The van der Waals surface area contributed by atoms with E-state index in [0.29, 0.717) is 36.5 Å². The van der Waals surface area contributed by atoms with Crippen LogP contribution < -0.4 is 10.5 Å². The molecule has 0 saturated heterocycles. The van der Waals surface area contributed by atoms with Gasteiger partial charge in [0.2, 0.25) is 5.88 Å². The fourth-order valence-corrected chi connectivity index (χ4v) is 1.59. The Morgan fingerprint density at radius 2 is 1.95 bits per heavy atom. The maximum absolute atomic E-state index is 8.98. The van der Waals surface area contributed by atoms with Gasteiger partial charge in [-0.05, 0) is 24.6 Å². The number of nitrogens with two attached hydrogens (primary N) is 1. The Hall–Kier alpha value is -2.18. The largest absolute Gasteiger partial charge is 0.439 e. The van der Waals surface area contributed by atoms with E-state index in [9.17, 15) is 0 Å². The lowest BCUT2D eigenvalue weighted by Gasteiger charge is -2.08. The monoisotopic (exact) mass is 275 g/mol. The van der Waals surface area contributed by atoms with E-state index in [1.165, 1.54) is 0 Å². The topological polar surface area (TPSA) is 90.5 Å². The lowest BCUT2D eigenvalue weighted by Crippen LogP contribution is -2.03. The number of hydrogen-bond donors (Lipinski definition) is 2. The minimum absolute atomic E-state index is 0.000754. The summed E-state index contributed by atoms with van der Waals surface area (Å²) in [5.41, 5.74) is 6.53. The molecule has 0 aliphatic rings. The normalized spacial score (nSPS) is 10.5. The zero-order chi connectivity index (χ0) is 14.4. The third kappa shape index (κ3) is 3.91. The van der Waals surface area contributed by atoms with Gasteiger partial charge in [0, 0.05) is 12.7 Å². The van der Waals surface area contributed by atoms with E-state index in [-0.39, 0.29) is 6.61 Å². The first-order valence-corrected chi connectivity index (χ1v) is 6.30. The Kier molecular flexibility index (Phi) is 4.86. The predicted molar refractivity (Wildman–Crippen MR) is 74.2 cm³/mol. The lowest BCUT2D eigenvalue weighted by atomic mass is 10.2. The van der Waals surface area contributed by atoms with Crippen LogP contribution in [0, 0.1) is 0 Å². The second-order valence-corrected chi connectivity index (χ2v) is 4.09. The van der Waals surface area contributed by atoms with Crippen LogP contribution in [-0.4, -0.2) is 21.7 Å². The van der Waals surface area contributed by atoms with Crippen molar-refractivity contribution in [3.63, 3.8) is 0 Å². The number of anilines is 1. The molecule has 2 rings (SSSR count). The first-order valence-electron chi connectivity index (χ1n) is 6.30. The van der Waals surface area contributed by atoms with Gasteiger partial charge >= 0.3 is 0 Å². The maximum atomic E-state index is 8.98. The third-order valence-corrected chi connectivity index (χ3v) is 2.53. The van der Waals surface area contributed by atoms with Crippen LogP contribution in [0.15, 0.2) is 30.3 Å². The summed E-state index contributed by atoms with van der Waals surface area (Å²) in [6.07, 6.45) is 0. The van der Waals surface area contributed by atoms with Crippen molar-refractivity contribution >= 4 is 5.82 Å². The van der Waals surface area contributed by atoms with E-state index >= 15 is 0 Å². The number of ether oxygens (including phenoxy) is 2. The number of nitrogen functional groups attached to an aromatic ring is 1. The quantitative estimate of drug-likeness (QED) is 0.836. The van der Waals surface area contributed by atoms with Gasteiger partial charge < -0.3 is 20.3 Å². The highest BCUT2D eigenvalue weighted by atomic mass is 16.5. The summed E-state index contributed by atoms with van der Waals surface area (Å²) in [7, 11) is 0. The number of rotatable bonds is 6. The molecule has 20 heavy (non-hydrogen) atoms. The predicted octanol–water partition coefficient (Wildman–Crippen LogP) is 1.88. The molecule has 1 aromatic carbocycles. The molecule has 3 N–H and O–H groups in total. The Balaban J connectivity index is 2.12. The van der Waals surface area contributed by atoms with Crippen LogP contribution in [0.1, 0.15) is 18.3 Å². The molecule has 106 valence electrons. The van der Waals surface area contributed by atoms with Gasteiger partial charge in [-0.15, -0.1) is 0 Å². The summed E-state index contributed by atoms with van der Waals surface area (Å²) < 4.78 is 10.9. The van der Waals surface area contributed by atoms with Gasteiger partial charge in [-0.3, -0.25) is 0 Å². The number of hydrogen-bond acceptors (Lipinski definition) is 6. The van der Waals surface area contributed by atoms with E-state index in [2.05, 4.69) is 9.97 Å². The molecule has 0 radical (unpaired) electrons. The SMILES string of the molecule is CCOCc1nc(N)cc(Oc2ccc(CO)cc2)n1. The average molecular weight is 275 g/mol. The average Bonchev–Trinajstić information content (AvgIpc) is 2.45. The fourth-order valence-electron chi connectivity index (χ4n) is 1.59. The van der Waals surface area contributed by atoms with E-state index < -0.39 is 0 Å². The number of nitrogens with zero attached hydrogens (tertiary/aromatic N) is 2. The van der Waals surface area contributed by atoms with Crippen molar-refractivity contribution in [3.05, 3.63) is 41.7 Å². The molecule has 0 amide bonds. The number of aliphatic hydroxyl groups excluding tert-OH is 1. The smallest absolute Gasteiger partial charge is 0.224 e. The summed E-state index contributed by atoms with van der Waals surface area (Å²) in [6.45, 7) is 2.77. The third-order valence-electron chi connectivity index (χ3n) is 2.53. The highest BCUT2D eigenvalue weighted by Gasteiger charge is 2.05. The summed E-state index contributed by atoms with van der Waals surface area (Å²) >= 11 is 0. The Labute approximate surface area is 117 Å². The number of aliphatic hydroxyl groups is 1. The molecule has 0 aliphatic heterocycles. The van der Waals surface area contributed by atoms with E-state index in [1.54, 1.807) is 30.3 Å². The molecule has 0 aliphatic carbocycles. The molecule has 6 nitrogen and oxygen atoms in total. The number of benzene rings is 1. The summed E-state index contributed by atoms with van der Waals surface area (Å²) in [5, 5.41) is 8.98. The van der Waals surface area contributed by atoms with Crippen molar-refractivity contribution in [2.45, 2.75) is 20.1 Å². The van der Waals surface area contributed by atoms with Crippen LogP contribution in [0.2, 0.25) is 0 Å². The fraction of sp³-hybridized carbons (Fsp3) is 0.286. The van der Waals surface area contributed by atoms with Crippen molar-refractivity contribution in [1.29, 1.82) is 0 Å². The van der Waals surface area contributed by atoms with E-state index in [0.717, 1.165) is 5.56 Å². The Morgan fingerprint density at radius 3 is 2.60 bits per heavy atom. The molecule has 0 fully saturated rings. The van der Waals surface area contributed by atoms with Crippen molar-refractivity contribution < 1.29 is 14.6 Å². The molecule has 0 spiro atoms. The van der Waals surface area contributed by atoms with Crippen LogP contribution in [0.3, 0.4) is 0 Å². The molecular formula is C14H17N3O3. The minimum atomic E-state index is -0.000754. The van der Waals surface area contributed by atoms with Gasteiger partial charge in [0.25, 0.3) is 0 Å². The van der Waals surface area contributed by atoms with Gasteiger partial charge in [0.15, 0.2) is 5.82 Å². The lowest BCUT2D eigenvalue weighted by molar-refractivity contribution is 0.128. The first kappa shape index (κ1) is 14.2. The molecule has 0 unspecified atom stereocenters. The van der Waals surface area contributed by atoms with E-state index in [1.807, 2.05) is 6.92 Å². The maximum Gasteiger partial charge on any atom is 0.224 e. The van der Waals surface area contributed by atoms with Crippen molar-refractivity contribution in [1.82, 2.24) is 9.97 Å². The molecule has 6 heteroatoms. The number of aromatic nitrogens is 2.